The number of hydrogen-bond acceptors (Lipinski definition) is 2. The van der Waals surface area contributed by atoms with Crippen LogP contribution in [0.15, 0.2) is 0 Å². The van der Waals surface area contributed by atoms with Crippen LogP contribution in [0, 0.1) is 11.8 Å². The van der Waals surface area contributed by atoms with Gasteiger partial charge in [0, 0.05) is 12.1 Å². The predicted octanol–water partition coefficient (Wildman–Crippen LogP) is 2.11. The van der Waals surface area contributed by atoms with Crippen molar-refractivity contribution in [1.29, 1.82) is 0 Å². The largest absolute Gasteiger partial charge is 0.311 e. The quantitative estimate of drug-likeness (QED) is 0.751. The van der Waals surface area contributed by atoms with Crippen molar-refractivity contribution < 1.29 is 0 Å². The Kier molecular flexibility index (Phi) is 3.36. The van der Waals surface area contributed by atoms with Gasteiger partial charge in [0.2, 0.25) is 0 Å². The summed E-state index contributed by atoms with van der Waals surface area (Å²) in [5.74, 6) is 1.88. The highest BCUT2D eigenvalue weighted by atomic mass is 15.1. The van der Waals surface area contributed by atoms with Gasteiger partial charge < -0.3 is 10.2 Å². The van der Waals surface area contributed by atoms with Crippen LogP contribution in [-0.4, -0.2) is 36.6 Å². The number of hydrogen-bond donors (Lipinski definition) is 1. The molecule has 0 saturated carbocycles. The lowest BCUT2D eigenvalue weighted by atomic mass is 9.82. The van der Waals surface area contributed by atoms with Crippen LogP contribution in [-0.2, 0) is 0 Å². The van der Waals surface area contributed by atoms with Gasteiger partial charge in [-0.1, -0.05) is 6.92 Å². The van der Waals surface area contributed by atoms with Crippen LogP contribution in [0.5, 0.6) is 0 Å². The van der Waals surface area contributed by atoms with Gasteiger partial charge in [0.25, 0.3) is 0 Å². The third-order valence-electron chi connectivity index (χ3n) is 4.27. The first kappa shape index (κ1) is 11.4. The Balaban J connectivity index is 1.88. The first-order chi connectivity index (χ1) is 7.11. The Bertz CT molecular complexity index is 213. The van der Waals surface area contributed by atoms with Crippen molar-refractivity contribution in [1.82, 2.24) is 10.2 Å². The van der Waals surface area contributed by atoms with Crippen molar-refractivity contribution in [2.75, 3.05) is 26.2 Å². The van der Waals surface area contributed by atoms with Crippen molar-refractivity contribution in [3.8, 4) is 0 Å². The van der Waals surface area contributed by atoms with Crippen LogP contribution in [0.3, 0.4) is 0 Å². The number of piperidine rings is 1. The Hall–Kier alpha value is -0.0800. The zero-order valence-corrected chi connectivity index (χ0v) is 10.6. The molecule has 2 heterocycles. The number of likely N-dealkylation sites (tertiary alicyclic amines) is 1. The van der Waals surface area contributed by atoms with Gasteiger partial charge >= 0.3 is 0 Å². The molecule has 2 aliphatic heterocycles. The monoisotopic (exact) mass is 210 g/mol. The Morgan fingerprint density at radius 3 is 2.73 bits per heavy atom. The minimum absolute atomic E-state index is 0.388. The second kappa shape index (κ2) is 4.42. The molecule has 0 bridgehead atoms. The fourth-order valence-corrected chi connectivity index (χ4v) is 3.30. The van der Waals surface area contributed by atoms with Crippen LogP contribution in [0.4, 0.5) is 0 Å². The molecule has 2 fully saturated rings. The SMILES string of the molecule is CCN1CCCC(C2CNC(C)(C)C2)C1. The van der Waals surface area contributed by atoms with Crippen LogP contribution in [0.25, 0.3) is 0 Å². The summed E-state index contributed by atoms with van der Waals surface area (Å²) in [4.78, 5) is 2.62. The second-order valence-corrected chi connectivity index (χ2v) is 6.02. The summed E-state index contributed by atoms with van der Waals surface area (Å²) in [6.07, 6.45) is 4.24. The van der Waals surface area contributed by atoms with Crippen molar-refractivity contribution in [2.45, 2.75) is 45.6 Å². The standard InChI is InChI=1S/C13H26N2/c1-4-15-7-5-6-11(10-15)12-8-13(2,3)14-9-12/h11-12,14H,4-10H2,1-3H3. The summed E-state index contributed by atoms with van der Waals surface area (Å²) in [5.41, 5.74) is 0.388. The number of rotatable bonds is 2. The Morgan fingerprint density at radius 2 is 2.13 bits per heavy atom. The van der Waals surface area contributed by atoms with Gasteiger partial charge in [-0.25, -0.2) is 0 Å². The van der Waals surface area contributed by atoms with Crippen LogP contribution >= 0.6 is 0 Å². The van der Waals surface area contributed by atoms with E-state index in [9.17, 15) is 0 Å². The van der Waals surface area contributed by atoms with E-state index in [1.54, 1.807) is 0 Å². The third kappa shape index (κ3) is 2.73. The molecule has 2 unspecified atom stereocenters. The molecule has 2 heteroatoms. The first-order valence-corrected chi connectivity index (χ1v) is 6.58. The molecule has 2 aliphatic rings. The van der Waals surface area contributed by atoms with E-state index in [0.29, 0.717) is 5.54 Å². The molecule has 15 heavy (non-hydrogen) atoms. The molecule has 2 saturated heterocycles. The average Bonchev–Trinajstić information content (AvgIpc) is 2.59. The minimum Gasteiger partial charge on any atom is -0.311 e. The average molecular weight is 210 g/mol. The summed E-state index contributed by atoms with van der Waals surface area (Å²) in [6.45, 7) is 12.1. The van der Waals surface area contributed by atoms with Crippen molar-refractivity contribution in [3.63, 3.8) is 0 Å². The molecule has 2 atom stereocenters. The fraction of sp³-hybridized carbons (Fsp3) is 1.00. The van der Waals surface area contributed by atoms with E-state index < -0.39 is 0 Å². The maximum Gasteiger partial charge on any atom is 0.0128 e. The van der Waals surface area contributed by atoms with Crippen molar-refractivity contribution >= 4 is 0 Å². The highest BCUT2D eigenvalue weighted by Gasteiger charge is 2.36. The van der Waals surface area contributed by atoms with E-state index in [2.05, 4.69) is 31.0 Å². The van der Waals surface area contributed by atoms with E-state index in [-0.39, 0.29) is 0 Å². The van der Waals surface area contributed by atoms with Gasteiger partial charge in [0.05, 0.1) is 0 Å². The maximum absolute atomic E-state index is 3.66. The molecule has 2 rings (SSSR count). The summed E-state index contributed by atoms with van der Waals surface area (Å²) in [5, 5.41) is 3.66. The molecule has 0 aliphatic carbocycles. The van der Waals surface area contributed by atoms with Gasteiger partial charge in [-0.2, -0.15) is 0 Å². The maximum atomic E-state index is 3.66. The predicted molar refractivity (Wildman–Crippen MR) is 65.0 cm³/mol. The number of nitrogens with zero attached hydrogens (tertiary/aromatic N) is 1. The summed E-state index contributed by atoms with van der Waals surface area (Å²) in [7, 11) is 0. The lowest BCUT2D eigenvalue weighted by molar-refractivity contribution is 0.143. The fourth-order valence-electron chi connectivity index (χ4n) is 3.30. The summed E-state index contributed by atoms with van der Waals surface area (Å²) in [6, 6.07) is 0. The molecule has 1 N–H and O–H groups in total. The molecule has 0 radical (unpaired) electrons. The van der Waals surface area contributed by atoms with Gasteiger partial charge in [-0.05, 0) is 64.6 Å². The van der Waals surface area contributed by atoms with Gasteiger partial charge in [0.15, 0.2) is 0 Å². The molecule has 0 aromatic heterocycles. The molecular weight excluding hydrogens is 184 g/mol. The third-order valence-corrected chi connectivity index (χ3v) is 4.27. The topological polar surface area (TPSA) is 15.3 Å². The van der Waals surface area contributed by atoms with E-state index in [4.69, 9.17) is 0 Å². The molecule has 88 valence electrons. The van der Waals surface area contributed by atoms with Crippen molar-refractivity contribution in [3.05, 3.63) is 0 Å². The second-order valence-electron chi connectivity index (χ2n) is 6.02. The molecule has 0 aromatic carbocycles. The highest BCUT2D eigenvalue weighted by Crippen LogP contribution is 2.33. The van der Waals surface area contributed by atoms with E-state index in [1.807, 2.05) is 0 Å². The van der Waals surface area contributed by atoms with E-state index in [0.717, 1.165) is 11.8 Å². The van der Waals surface area contributed by atoms with Gasteiger partial charge in [-0.15, -0.1) is 0 Å². The molecule has 0 aromatic rings. The van der Waals surface area contributed by atoms with E-state index in [1.165, 1.54) is 45.4 Å². The molecule has 0 spiro atoms. The molecular formula is C13H26N2. The number of nitrogens with one attached hydrogen (secondary N) is 1. The van der Waals surface area contributed by atoms with Crippen molar-refractivity contribution in [2.24, 2.45) is 11.8 Å². The van der Waals surface area contributed by atoms with Crippen LogP contribution < -0.4 is 5.32 Å². The Morgan fingerprint density at radius 1 is 1.33 bits per heavy atom. The minimum atomic E-state index is 0.388. The highest BCUT2D eigenvalue weighted by molar-refractivity contribution is 4.93. The zero-order valence-electron chi connectivity index (χ0n) is 10.6. The Labute approximate surface area is 94.4 Å². The molecule has 2 nitrogen and oxygen atoms in total. The van der Waals surface area contributed by atoms with Gasteiger partial charge in [-0.3, -0.25) is 0 Å². The smallest absolute Gasteiger partial charge is 0.0128 e. The van der Waals surface area contributed by atoms with Gasteiger partial charge in [0.1, 0.15) is 0 Å². The lowest BCUT2D eigenvalue weighted by Crippen LogP contribution is -2.38. The van der Waals surface area contributed by atoms with Crippen LogP contribution in [0.1, 0.15) is 40.0 Å². The first-order valence-electron chi connectivity index (χ1n) is 6.58. The molecule has 0 amide bonds. The normalized spacial score (nSPS) is 37.0. The zero-order chi connectivity index (χ0) is 10.9. The summed E-state index contributed by atoms with van der Waals surface area (Å²) < 4.78 is 0. The lowest BCUT2D eigenvalue weighted by Gasteiger charge is -2.35. The van der Waals surface area contributed by atoms with E-state index >= 15 is 0 Å². The summed E-state index contributed by atoms with van der Waals surface area (Å²) >= 11 is 0. The van der Waals surface area contributed by atoms with Crippen LogP contribution in [0.2, 0.25) is 0 Å².